The molecule has 0 amide bonds. The minimum absolute atomic E-state index is 0.141. The lowest BCUT2D eigenvalue weighted by Crippen LogP contribution is -2.50. The zero-order chi connectivity index (χ0) is 21.4. The van der Waals surface area contributed by atoms with E-state index in [1.165, 1.54) is 0 Å². The number of hydrogen-bond acceptors (Lipinski definition) is 6. The molecule has 2 aliphatic rings. The Bertz CT molecular complexity index is 1100. The second-order valence-corrected chi connectivity index (χ2v) is 9.49. The molecule has 162 valence electrons. The summed E-state index contributed by atoms with van der Waals surface area (Å²) < 4.78 is 7.14. The van der Waals surface area contributed by atoms with Gasteiger partial charge in [0.05, 0.1) is 25.1 Å². The van der Waals surface area contributed by atoms with Gasteiger partial charge in [0.1, 0.15) is 5.78 Å². The molecule has 7 heteroatoms. The van der Waals surface area contributed by atoms with Crippen LogP contribution in [-0.4, -0.2) is 63.3 Å². The van der Waals surface area contributed by atoms with Gasteiger partial charge < -0.3 is 9.64 Å². The van der Waals surface area contributed by atoms with Crippen LogP contribution in [0.25, 0.3) is 22.0 Å². The molecule has 0 unspecified atom stereocenters. The summed E-state index contributed by atoms with van der Waals surface area (Å²) in [6, 6.07) is 4.08. The van der Waals surface area contributed by atoms with E-state index in [2.05, 4.69) is 26.9 Å². The molecular weight excluding hydrogens is 390 g/mol. The summed E-state index contributed by atoms with van der Waals surface area (Å²) >= 11 is 0. The van der Waals surface area contributed by atoms with E-state index in [0.29, 0.717) is 17.6 Å². The van der Waals surface area contributed by atoms with Crippen LogP contribution in [0.1, 0.15) is 25.5 Å². The summed E-state index contributed by atoms with van der Waals surface area (Å²) in [4.78, 5) is 24.5. The number of Topliss-reactive ketones (excluding diaryl/α,β-unsaturated/α-hetero) is 1. The molecule has 5 heterocycles. The van der Waals surface area contributed by atoms with Crippen molar-refractivity contribution in [3.63, 3.8) is 0 Å². The van der Waals surface area contributed by atoms with Crippen LogP contribution in [0.5, 0.6) is 0 Å². The third-order valence-corrected chi connectivity index (χ3v) is 6.57. The highest BCUT2D eigenvalue weighted by Gasteiger charge is 2.36. The first kappa shape index (κ1) is 20.3. The number of likely N-dealkylation sites (tertiary alicyclic amines) is 1. The zero-order valence-corrected chi connectivity index (χ0v) is 18.3. The molecule has 0 N–H and O–H groups in total. The van der Waals surface area contributed by atoms with Gasteiger partial charge in [0.2, 0.25) is 0 Å². The Labute approximate surface area is 182 Å². The number of piperidine rings is 1. The van der Waals surface area contributed by atoms with Crippen molar-refractivity contribution in [2.24, 2.45) is 18.4 Å². The number of carbonyl (C=O) groups excluding carboxylic acids is 1. The number of ketones is 1. The van der Waals surface area contributed by atoms with Crippen molar-refractivity contribution in [1.82, 2.24) is 24.6 Å². The molecule has 2 aliphatic heterocycles. The topological polar surface area (TPSA) is 73.1 Å². The fourth-order valence-corrected chi connectivity index (χ4v) is 4.71. The highest BCUT2D eigenvalue weighted by molar-refractivity contribution is 5.87. The Morgan fingerprint density at radius 1 is 1.13 bits per heavy atom. The van der Waals surface area contributed by atoms with Gasteiger partial charge in [-0.1, -0.05) is 6.92 Å². The Kier molecular flexibility index (Phi) is 5.32. The molecule has 0 spiro atoms. The van der Waals surface area contributed by atoms with E-state index in [-0.39, 0.29) is 5.92 Å². The van der Waals surface area contributed by atoms with Crippen LogP contribution >= 0.6 is 0 Å². The second-order valence-electron chi connectivity index (χ2n) is 9.49. The SMILES string of the molecule is Cn1cc(-c2cc3cc(CC(=O)C4CCN(CC5(C)COC5)CC4)ncc3cn2)cn1. The summed E-state index contributed by atoms with van der Waals surface area (Å²) in [5.74, 6) is 0.453. The first-order chi connectivity index (χ1) is 15.0. The highest BCUT2D eigenvalue weighted by atomic mass is 16.5. The van der Waals surface area contributed by atoms with Crippen molar-refractivity contribution in [2.75, 3.05) is 32.8 Å². The standard InChI is InChI=1S/C24H29N5O2/c1-24(15-31-16-24)14-29-5-3-17(4-6-29)23(30)9-21-7-18-8-22(20-12-27-28(2)13-20)26-11-19(18)10-25-21/h7-8,10-13,17H,3-6,9,14-16H2,1-2H3. The summed E-state index contributed by atoms with van der Waals surface area (Å²) in [7, 11) is 1.89. The number of ether oxygens (including phenoxy) is 1. The third kappa shape index (κ3) is 4.38. The van der Waals surface area contributed by atoms with Crippen molar-refractivity contribution >= 4 is 16.6 Å². The van der Waals surface area contributed by atoms with E-state index < -0.39 is 0 Å². The quantitative estimate of drug-likeness (QED) is 0.612. The molecule has 3 aromatic rings. The van der Waals surface area contributed by atoms with Crippen LogP contribution in [0.2, 0.25) is 0 Å². The van der Waals surface area contributed by atoms with Gasteiger partial charge in [-0.05, 0) is 43.5 Å². The van der Waals surface area contributed by atoms with Gasteiger partial charge in [-0.15, -0.1) is 0 Å². The predicted molar refractivity (Wildman–Crippen MR) is 119 cm³/mol. The molecule has 0 saturated carbocycles. The lowest BCUT2D eigenvalue weighted by atomic mass is 9.85. The number of pyridine rings is 2. The number of aryl methyl sites for hydroxylation is 1. The lowest BCUT2D eigenvalue weighted by molar-refractivity contribution is -0.127. The normalized spacial score (nSPS) is 19.4. The van der Waals surface area contributed by atoms with Crippen LogP contribution in [0.15, 0.2) is 36.9 Å². The van der Waals surface area contributed by atoms with E-state index in [0.717, 1.165) is 73.4 Å². The first-order valence-electron chi connectivity index (χ1n) is 11.0. The van der Waals surface area contributed by atoms with Crippen LogP contribution in [0.4, 0.5) is 0 Å². The maximum atomic E-state index is 13.0. The maximum Gasteiger partial charge on any atom is 0.142 e. The van der Waals surface area contributed by atoms with E-state index in [1.807, 2.05) is 44.0 Å². The maximum absolute atomic E-state index is 13.0. The monoisotopic (exact) mass is 419 g/mol. The molecule has 7 nitrogen and oxygen atoms in total. The van der Waals surface area contributed by atoms with Crippen molar-refractivity contribution < 1.29 is 9.53 Å². The average molecular weight is 420 g/mol. The van der Waals surface area contributed by atoms with Gasteiger partial charge in [0, 0.05) is 66.6 Å². The summed E-state index contributed by atoms with van der Waals surface area (Å²) in [5.41, 5.74) is 2.99. The van der Waals surface area contributed by atoms with Crippen LogP contribution < -0.4 is 0 Å². The summed E-state index contributed by atoms with van der Waals surface area (Å²) in [5, 5.41) is 6.26. The number of hydrogen-bond donors (Lipinski definition) is 0. The predicted octanol–water partition coefficient (Wildman–Crippen LogP) is 2.89. The van der Waals surface area contributed by atoms with Crippen LogP contribution in [0, 0.1) is 11.3 Å². The van der Waals surface area contributed by atoms with E-state index in [9.17, 15) is 4.79 Å². The lowest BCUT2D eigenvalue weighted by Gasteiger charge is -2.43. The smallest absolute Gasteiger partial charge is 0.142 e. The van der Waals surface area contributed by atoms with Crippen LogP contribution in [-0.2, 0) is 23.0 Å². The molecule has 31 heavy (non-hydrogen) atoms. The van der Waals surface area contributed by atoms with Crippen molar-refractivity contribution in [3.05, 3.63) is 42.6 Å². The molecule has 0 radical (unpaired) electrons. The molecule has 2 saturated heterocycles. The fraction of sp³-hybridized carbons (Fsp3) is 0.500. The van der Waals surface area contributed by atoms with Gasteiger partial charge in [-0.3, -0.25) is 19.4 Å². The number of carbonyl (C=O) groups is 1. The van der Waals surface area contributed by atoms with Crippen molar-refractivity contribution in [3.8, 4) is 11.3 Å². The molecule has 5 rings (SSSR count). The fourth-order valence-electron chi connectivity index (χ4n) is 4.71. The molecule has 3 aromatic heterocycles. The van der Waals surface area contributed by atoms with Crippen LogP contribution in [0.3, 0.4) is 0 Å². The number of aromatic nitrogens is 4. The second kappa shape index (κ2) is 8.13. The molecular formula is C24H29N5O2. The Balaban J connectivity index is 1.23. The molecule has 0 aliphatic carbocycles. The minimum atomic E-state index is 0.141. The van der Waals surface area contributed by atoms with E-state index >= 15 is 0 Å². The van der Waals surface area contributed by atoms with Gasteiger partial charge in [-0.25, -0.2) is 0 Å². The third-order valence-electron chi connectivity index (χ3n) is 6.57. The molecule has 0 aromatic carbocycles. The van der Waals surface area contributed by atoms with Gasteiger partial charge in [0.15, 0.2) is 0 Å². The van der Waals surface area contributed by atoms with Crippen molar-refractivity contribution in [1.29, 1.82) is 0 Å². The first-order valence-corrected chi connectivity index (χ1v) is 11.0. The molecule has 2 fully saturated rings. The van der Waals surface area contributed by atoms with Gasteiger partial charge in [-0.2, -0.15) is 5.10 Å². The van der Waals surface area contributed by atoms with E-state index in [4.69, 9.17) is 4.74 Å². The largest absolute Gasteiger partial charge is 0.380 e. The Morgan fingerprint density at radius 2 is 1.90 bits per heavy atom. The number of rotatable bonds is 6. The highest BCUT2D eigenvalue weighted by Crippen LogP contribution is 2.30. The Morgan fingerprint density at radius 3 is 2.58 bits per heavy atom. The minimum Gasteiger partial charge on any atom is -0.380 e. The zero-order valence-electron chi connectivity index (χ0n) is 18.3. The molecule has 0 bridgehead atoms. The molecule has 0 atom stereocenters. The summed E-state index contributed by atoms with van der Waals surface area (Å²) in [6.07, 6.45) is 9.70. The van der Waals surface area contributed by atoms with Crippen molar-refractivity contribution in [2.45, 2.75) is 26.2 Å². The van der Waals surface area contributed by atoms with E-state index in [1.54, 1.807) is 4.68 Å². The Hall–Kier alpha value is -2.64. The number of nitrogens with zero attached hydrogens (tertiary/aromatic N) is 5. The van der Waals surface area contributed by atoms with Gasteiger partial charge >= 0.3 is 0 Å². The average Bonchev–Trinajstić information content (AvgIpc) is 3.19. The van der Waals surface area contributed by atoms with Gasteiger partial charge in [0.25, 0.3) is 0 Å². The number of fused-ring (bicyclic) bond motifs is 1. The summed E-state index contributed by atoms with van der Waals surface area (Å²) in [6.45, 7) is 7.07.